The van der Waals surface area contributed by atoms with Crippen molar-refractivity contribution < 1.29 is 13.9 Å². The normalized spacial score (nSPS) is 24.9. The van der Waals surface area contributed by atoms with Crippen LogP contribution in [0.15, 0.2) is 18.2 Å². The van der Waals surface area contributed by atoms with E-state index in [1.54, 1.807) is 12.1 Å². The Bertz CT molecular complexity index is 686. The summed E-state index contributed by atoms with van der Waals surface area (Å²) in [6.07, 6.45) is 6.69. The SMILES string of the molecule is COc1ccc(CN2CCC(N3CCCC(C(=O)NC4CC4)C3)CC2)cc1F. The first-order chi connectivity index (χ1) is 13.6. The highest BCUT2D eigenvalue weighted by Gasteiger charge is 2.33. The van der Waals surface area contributed by atoms with Crippen LogP contribution in [0.2, 0.25) is 0 Å². The molecule has 1 unspecified atom stereocenters. The molecule has 1 aliphatic carbocycles. The Balaban J connectivity index is 1.25. The van der Waals surface area contributed by atoms with Gasteiger partial charge >= 0.3 is 0 Å². The van der Waals surface area contributed by atoms with Crippen LogP contribution in [0.4, 0.5) is 4.39 Å². The van der Waals surface area contributed by atoms with Gasteiger partial charge in [-0.1, -0.05) is 6.07 Å². The third kappa shape index (κ3) is 4.84. The van der Waals surface area contributed by atoms with Crippen LogP contribution in [-0.4, -0.2) is 61.1 Å². The Labute approximate surface area is 167 Å². The van der Waals surface area contributed by atoms with Crippen molar-refractivity contribution in [3.63, 3.8) is 0 Å². The number of likely N-dealkylation sites (tertiary alicyclic amines) is 2. The van der Waals surface area contributed by atoms with Gasteiger partial charge in [-0.2, -0.15) is 0 Å². The first-order valence-electron chi connectivity index (χ1n) is 10.7. The summed E-state index contributed by atoms with van der Waals surface area (Å²) in [5.74, 6) is 0.437. The second-order valence-electron chi connectivity index (χ2n) is 8.59. The first kappa shape index (κ1) is 19.6. The lowest BCUT2D eigenvalue weighted by atomic mass is 9.93. The molecule has 2 aliphatic heterocycles. The van der Waals surface area contributed by atoms with Gasteiger partial charge in [0.05, 0.1) is 13.0 Å². The summed E-state index contributed by atoms with van der Waals surface area (Å²) < 4.78 is 18.9. The topological polar surface area (TPSA) is 44.8 Å². The molecule has 0 aromatic heterocycles. The number of piperidine rings is 2. The molecule has 5 nitrogen and oxygen atoms in total. The molecule has 28 heavy (non-hydrogen) atoms. The number of hydrogen-bond donors (Lipinski definition) is 1. The highest BCUT2D eigenvalue weighted by atomic mass is 19.1. The van der Waals surface area contributed by atoms with Crippen LogP contribution in [0.3, 0.4) is 0 Å². The van der Waals surface area contributed by atoms with Crippen LogP contribution >= 0.6 is 0 Å². The van der Waals surface area contributed by atoms with Gasteiger partial charge in [-0.3, -0.25) is 14.6 Å². The second kappa shape index (κ2) is 8.78. The summed E-state index contributed by atoms with van der Waals surface area (Å²) in [6, 6.07) is 6.26. The van der Waals surface area contributed by atoms with E-state index in [2.05, 4.69) is 15.1 Å². The molecule has 1 aromatic carbocycles. The van der Waals surface area contributed by atoms with E-state index in [9.17, 15) is 9.18 Å². The molecule has 3 fully saturated rings. The molecule has 0 spiro atoms. The van der Waals surface area contributed by atoms with Gasteiger partial charge in [-0.25, -0.2) is 4.39 Å². The van der Waals surface area contributed by atoms with Gasteiger partial charge in [-0.15, -0.1) is 0 Å². The number of amides is 1. The first-order valence-corrected chi connectivity index (χ1v) is 10.7. The molecule has 154 valence electrons. The molecular weight excluding hydrogens is 357 g/mol. The number of carbonyl (C=O) groups excluding carboxylic acids is 1. The smallest absolute Gasteiger partial charge is 0.224 e. The molecule has 1 saturated carbocycles. The van der Waals surface area contributed by atoms with Crippen LogP contribution in [0.1, 0.15) is 44.1 Å². The number of rotatable bonds is 6. The highest BCUT2D eigenvalue weighted by Crippen LogP contribution is 2.27. The molecule has 0 radical (unpaired) electrons. The van der Waals surface area contributed by atoms with E-state index in [1.807, 2.05) is 6.07 Å². The van der Waals surface area contributed by atoms with Gasteiger partial charge in [0.1, 0.15) is 0 Å². The quantitative estimate of drug-likeness (QED) is 0.813. The molecule has 0 bridgehead atoms. The number of ether oxygens (including phenoxy) is 1. The summed E-state index contributed by atoms with van der Waals surface area (Å²) in [7, 11) is 1.49. The zero-order valence-electron chi connectivity index (χ0n) is 16.8. The van der Waals surface area contributed by atoms with Crippen molar-refractivity contribution in [3.05, 3.63) is 29.6 Å². The van der Waals surface area contributed by atoms with Crippen molar-refractivity contribution in [1.82, 2.24) is 15.1 Å². The lowest BCUT2D eigenvalue weighted by Gasteiger charge is -2.42. The Kier molecular flexibility index (Phi) is 6.16. The number of carbonyl (C=O) groups is 1. The van der Waals surface area contributed by atoms with Crippen LogP contribution in [0, 0.1) is 11.7 Å². The molecule has 1 N–H and O–H groups in total. The van der Waals surface area contributed by atoms with E-state index >= 15 is 0 Å². The average Bonchev–Trinajstić information content (AvgIpc) is 3.53. The Hall–Kier alpha value is -1.66. The molecule has 6 heteroatoms. The maximum absolute atomic E-state index is 13.9. The number of methoxy groups -OCH3 is 1. The fourth-order valence-electron chi connectivity index (χ4n) is 4.61. The summed E-state index contributed by atoms with van der Waals surface area (Å²) in [6.45, 7) is 4.84. The molecule has 4 rings (SSSR count). The standard InChI is InChI=1S/C22H32FN3O2/c1-28-21-7-4-16(13-20(21)23)14-25-11-8-19(9-12-25)26-10-2-3-17(15-26)22(27)24-18-5-6-18/h4,7,13,17-19H,2-3,5-6,8-12,14-15H2,1H3,(H,24,27). The molecule has 2 heterocycles. The lowest BCUT2D eigenvalue weighted by Crippen LogP contribution is -2.50. The van der Waals surface area contributed by atoms with Gasteiger partial charge in [-0.05, 0) is 75.9 Å². The van der Waals surface area contributed by atoms with Crippen LogP contribution < -0.4 is 10.1 Å². The largest absolute Gasteiger partial charge is 0.494 e. The number of nitrogens with one attached hydrogen (secondary N) is 1. The third-order valence-corrected chi connectivity index (χ3v) is 6.44. The molecule has 2 saturated heterocycles. The van der Waals surface area contributed by atoms with Crippen molar-refractivity contribution in [3.8, 4) is 5.75 Å². The lowest BCUT2D eigenvalue weighted by molar-refractivity contribution is -0.127. The number of halogens is 1. The monoisotopic (exact) mass is 389 g/mol. The minimum atomic E-state index is -0.293. The summed E-state index contributed by atoms with van der Waals surface area (Å²) in [4.78, 5) is 17.4. The fraction of sp³-hybridized carbons (Fsp3) is 0.682. The van der Waals surface area contributed by atoms with Crippen LogP contribution in [0.25, 0.3) is 0 Å². The molecular formula is C22H32FN3O2. The Morgan fingerprint density at radius 2 is 1.96 bits per heavy atom. The predicted molar refractivity (Wildman–Crippen MR) is 107 cm³/mol. The van der Waals surface area contributed by atoms with Crippen molar-refractivity contribution in [2.45, 2.75) is 57.2 Å². The average molecular weight is 390 g/mol. The van der Waals surface area contributed by atoms with Crippen LogP contribution in [0.5, 0.6) is 5.75 Å². The number of benzene rings is 1. The summed E-state index contributed by atoms with van der Waals surface area (Å²) >= 11 is 0. The van der Waals surface area contributed by atoms with Crippen molar-refractivity contribution in [2.24, 2.45) is 5.92 Å². The van der Waals surface area contributed by atoms with E-state index in [1.165, 1.54) is 7.11 Å². The minimum absolute atomic E-state index is 0.162. The van der Waals surface area contributed by atoms with Crippen molar-refractivity contribution >= 4 is 5.91 Å². The molecule has 3 aliphatic rings. The maximum atomic E-state index is 13.9. The van der Waals surface area contributed by atoms with Gasteiger partial charge in [0.25, 0.3) is 0 Å². The molecule has 1 amide bonds. The second-order valence-corrected chi connectivity index (χ2v) is 8.59. The van der Waals surface area contributed by atoms with Crippen LogP contribution in [-0.2, 0) is 11.3 Å². The minimum Gasteiger partial charge on any atom is -0.494 e. The predicted octanol–water partition coefficient (Wildman–Crippen LogP) is 2.79. The van der Waals surface area contributed by atoms with Gasteiger partial charge in [0, 0.05) is 25.2 Å². The zero-order valence-corrected chi connectivity index (χ0v) is 16.8. The summed E-state index contributed by atoms with van der Waals surface area (Å²) in [5, 5.41) is 3.18. The Morgan fingerprint density at radius 1 is 1.18 bits per heavy atom. The molecule has 1 atom stereocenters. The fourth-order valence-corrected chi connectivity index (χ4v) is 4.61. The van der Waals surface area contributed by atoms with Crippen molar-refractivity contribution in [1.29, 1.82) is 0 Å². The van der Waals surface area contributed by atoms with Gasteiger partial charge in [0.2, 0.25) is 5.91 Å². The van der Waals surface area contributed by atoms with Gasteiger partial charge < -0.3 is 10.1 Å². The van der Waals surface area contributed by atoms with E-state index in [0.717, 1.165) is 76.8 Å². The van der Waals surface area contributed by atoms with E-state index in [4.69, 9.17) is 4.74 Å². The van der Waals surface area contributed by atoms with Gasteiger partial charge in [0.15, 0.2) is 11.6 Å². The summed E-state index contributed by atoms with van der Waals surface area (Å²) in [5.41, 5.74) is 0.992. The maximum Gasteiger partial charge on any atom is 0.224 e. The highest BCUT2D eigenvalue weighted by molar-refractivity contribution is 5.79. The molecule has 1 aromatic rings. The number of hydrogen-bond acceptors (Lipinski definition) is 4. The van der Waals surface area contributed by atoms with E-state index in [-0.39, 0.29) is 17.6 Å². The van der Waals surface area contributed by atoms with E-state index in [0.29, 0.717) is 17.8 Å². The van der Waals surface area contributed by atoms with E-state index < -0.39 is 0 Å². The Morgan fingerprint density at radius 3 is 2.64 bits per heavy atom. The number of nitrogens with zero attached hydrogens (tertiary/aromatic N) is 2. The third-order valence-electron chi connectivity index (χ3n) is 6.44. The zero-order chi connectivity index (χ0) is 19.5. The van der Waals surface area contributed by atoms with Crippen molar-refractivity contribution in [2.75, 3.05) is 33.3 Å².